The van der Waals surface area contributed by atoms with Crippen molar-refractivity contribution in [2.24, 2.45) is 4.99 Å². The molecule has 4 aromatic rings. The van der Waals surface area contributed by atoms with Gasteiger partial charge >= 0.3 is 5.97 Å². The number of thiazole rings is 1. The van der Waals surface area contributed by atoms with Gasteiger partial charge in [-0.3, -0.25) is 14.2 Å². The number of esters is 1. The molecular formula is C31H28N2O5S. The second kappa shape index (κ2) is 10.5. The molecule has 5 rings (SSSR count). The maximum Gasteiger partial charge on any atom is 0.338 e. The van der Waals surface area contributed by atoms with Crippen molar-refractivity contribution in [2.75, 3.05) is 7.11 Å². The summed E-state index contributed by atoms with van der Waals surface area (Å²) in [7, 11) is 1.33. The topological polar surface area (TPSA) is 90.9 Å². The van der Waals surface area contributed by atoms with Crippen LogP contribution in [0.4, 0.5) is 0 Å². The van der Waals surface area contributed by atoms with E-state index in [4.69, 9.17) is 9.15 Å². The van der Waals surface area contributed by atoms with Gasteiger partial charge in [-0.1, -0.05) is 73.7 Å². The average molecular weight is 541 g/mol. The first-order chi connectivity index (χ1) is 18.7. The molecule has 1 aliphatic rings. The van der Waals surface area contributed by atoms with Gasteiger partial charge in [0.1, 0.15) is 11.5 Å². The second-order valence-corrected chi connectivity index (χ2v) is 10.7. The van der Waals surface area contributed by atoms with Crippen molar-refractivity contribution >= 4 is 29.2 Å². The Labute approximate surface area is 229 Å². The van der Waals surface area contributed by atoms with E-state index in [1.54, 1.807) is 35.8 Å². The molecule has 0 amide bonds. The van der Waals surface area contributed by atoms with E-state index in [9.17, 15) is 14.4 Å². The van der Waals surface area contributed by atoms with E-state index >= 15 is 0 Å². The van der Waals surface area contributed by atoms with Crippen molar-refractivity contribution in [1.82, 2.24) is 4.57 Å². The first kappa shape index (κ1) is 26.3. The number of ether oxygens (including phenoxy) is 1. The lowest BCUT2D eigenvalue weighted by Gasteiger charge is -2.24. The number of nitrogens with zero attached hydrogens (tertiary/aromatic N) is 2. The fourth-order valence-electron chi connectivity index (χ4n) is 4.66. The van der Waals surface area contributed by atoms with Crippen LogP contribution in [0.1, 0.15) is 66.9 Å². The van der Waals surface area contributed by atoms with Gasteiger partial charge in [0.25, 0.3) is 5.56 Å². The minimum atomic E-state index is -0.663. The number of aromatic nitrogens is 1. The molecule has 0 fully saturated rings. The molecule has 0 N–H and O–H groups in total. The summed E-state index contributed by atoms with van der Waals surface area (Å²) >= 11 is 1.24. The lowest BCUT2D eigenvalue weighted by atomic mass is 9.93. The SMILES string of the molecule is COC(=O)C1=C(C)N=c2s/c(=C\c3ccc(-c4ccc(C(C)=O)cc4)o3)c(=O)n2[C@@H]1c1ccc(C(C)C)cc1. The standard InChI is InChI=1S/C31H28N2O5S/c1-17(2)20-6-12-23(13-7-20)28-27(30(36)37-5)18(3)32-31-33(28)29(35)26(39-31)16-24-14-15-25(38-24)22-10-8-21(9-11-22)19(4)34/h6-17,28H,1-5H3/b26-16-/t28-/m1/s1. The van der Waals surface area contributed by atoms with E-state index in [1.807, 2.05) is 42.5 Å². The zero-order chi connectivity index (χ0) is 27.8. The van der Waals surface area contributed by atoms with Crippen LogP contribution >= 0.6 is 11.3 Å². The minimum Gasteiger partial charge on any atom is -0.466 e. The van der Waals surface area contributed by atoms with E-state index in [-0.39, 0.29) is 11.3 Å². The third kappa shape index (κ3) is 4.95. The highest BCUT2D eigenvalue weighted by Crippen LogP contribution is 2.31. The zero-order valence-electron chi connectivity index (χ0n) is 22.3. The van der Waals surface area contributed by atoms with Crippen LogP contribution in [0.15, 0.2) is 86.1 Å². The molecule has 1 atom stereocenters. The van der Waals surface area contributed by atoms with Gasteiger partial charge in [0, 0.05) is 17.2 Å². The van der Waals surface area contributed by atoms with Crippen LogP contribution in [0.5, 0.6) is 0 Å². The van der Waals surface area contributed by atoms with Gasteiger partial charge in [0.2, 0.25) is 0 Å². The predicted octanol–water partition coefficient (Wildman–Crippen LogP) is 4.99. The molecule has 1 aliphatic heterocycles. The van der Waals surface area contributed by atoms with Crippen molar-refractivity contribution in [3.63, 3.8) is 0 Å². The number of carbonyl (C=O) groups is 2. The van der Waals surface area contributed by atoms with E-state index in [0.29, 0.717) is 43.6 Å². The fraction of sp³-hybridized carbons (Fsp3) is 0.226. The van der Waals surface area contributed by atoms with Crippen LogP contribution in [0.25, 0.3) is 17.4 Å². The molecule has 8 heteroatoms. The highest BCUT2D eigenvalue weighted by atomic mass is 32.1. The molecule has 0 unspecified atom stereocenters. The number of hydrogen-bond donors (Lipinski definition) is 0. The smallest absolute Gasteiger partial charge is 0.338 e. The Balaban J connectivity index is 1.59. The number of benzene rings is 2. The van der Waals surface area contributed by atoms with E-state index in [2.05, 4.69) is 18.8 Å². The lowest BCUT2D eigenvalue weighted by molar-refractivity contribution is -0.136. The second-order valence-electron chi connectivity index (χ2n) is 9.73. The molecule has 7 nitrogen and oxygen atoms in total. The number of Topliss-reactive ketones (excluding diaryl/α,β-unsaturated/α-hetero) is 1. The molecule has 198 valence electrons. The average Bonchev–Trinajstić information content (AvgIpc) is 3.52. The summed E-state index contributed by atoms with van der Waals surface area (Å²) in [4.78, 5) is 43.3. The molecular weight excluding hydrogens is 512 g/mol. The monoisotopic (exact) mass is 540 g/mol. The fourth-order valence-corrected chi connectivity index (χ4v) is 5.68. The van der Waals surface area contributed by atoms with E-state index < -0.39 is 12.0 Å². The summed E-state index contributed by atoms with van der Waals surface area (Å²) in [5.41, 5.74) is 4.00. The normalized spacial score (nSPS) is 15.3. The number of methoxy groups -OCH3 is 1. The number of ketones is 1. The number of fused-ring (bicyclic) bond motifs is 1. The van der Waals surface area contributed by atoms with Crippen LogP contribution in [0.3, 0.4) is 0 Å². The molecule has 0 saturated heterocycles. The maximum atomic E-state index is 13.8. The first-order valence-corrected chi connectivity index (χ1v) is 13.4. The van der Waals surface area contributed by atoms with E-state index in [0.717, 1.165) is 16.7 Å². The van der Waals surface area contributed by atoms with Gasteiger partial charge in [-0.25, -0.2) is 9.79 Å². The Hall–Kier alpha value is -4.30. The van der Waals surface area contributed by atoms with Gasteiger partial charge < -0.3 is 9.15 Å². The summed E-state index contributed by atoms with van der Waals surface area (Å²) in [6, 6.07) is 18.1. The molecule has 2 aromatic carbocycles. The quantitative estimate of drug-likeness (QED) is 0.254. The Morgan fingerprint density at radius 2 is 1.74 bits per heavy atom. The van der Waals surface area contributed by atoms with Crippen LogP contribution in [-0.4, -0.2) is 23.4 Å². The Morgan fingerprint density at radius 3 is 2.36 bits per heavy atom. The molecule has 39 heavy (non-hydrogen) atoms. The number of allylic oxidation sites excluding steroid dienone is 1. The molecule has 0 aliphatic carbocycles. The number of carbonyl (C=O) groups excluding carboxylic acids is 2. The van der Waals surface area contributed by atoms with Gasteiger partial charge in [0.15, 0.2) is 10.6 Å². The Kier molecular flexibility index (Phi) is 7.06. The number of hydrogen-bond acceptors (Lipinski definition) is 7. The zero-order valence-corrected chi connectivity index (χ0v) is 23.2. The van der Waals surface area contributed by atoms with Crippen molar-refractivity contribution in [3.8, 4) is 11.3 Å². The van der Waals surface area contributed by atoms with Crippen LogP contribution in [0.2, 0.25) is 0 Å². The van der Waals surface area contributed by atoms with Crippen LogP contribution in [0, 0.1) is 0 Å². The molecule has 0 spiro atoms. The van der Waals surface area contributed by atoms with Crippen molar-refractivity contribution in [2.45, 2.75) is 39.7 Å². The summed E-state index contributed by atoms with van der Waals surface area (Å²) in [6.07, 6.45) is 1.69. The van der Waals surface area contributed by atoms with Crippen LogP contribution < -0.4 is 14.9 Å². The molecule has 0 bridgehead atoms. The summed E-state index contributed by atoms with van der Waals surface area (Å²) in [6.45, 7) is 7.51. The summed E-state index contributed by atoms with van der Waals surface area (Å²) in [5, 5.41) is 0. The lowest BCUT2D eigenvalue weighted by Crippen LogP contribution is -2.39. The summed E-state index contributed by atoms with van der Waals surface area (Å²) in [5.74, 6) is 0.958. The van der Waals surface area contributed by atoms with E-state index in [1.165, 1.54) is 25.4 Å². The predicted molar refractivity (Wildman–Crippen MR) is 150 cm³/mol. The molecule has 0 radical (unpaired) electrons. The highest BCUT2D eigenvalue weighted by molar-refractivity contribution is 7.07. The first-order valence-electron chi connectivity index (χ1n) is 12.6. The van der Waals surface area contributed by atoms with Crippen LogP contribution in [-0.2, 0) is 9.53 Å². The van der Waals surface area contributed by atoms with Gasteiger partial charge in [0.05, 0.1) is 29.0 Å². The Bertz CT molecular complexity index is 1780. The summed E-state index contributed by atoms with van der Waals surface area (Å²) < 4.78 is 13.1. The highest BCUT2D eigenvalue weighted by Gasteiger charge is 2.33. The molecule has 0 saturated carbocycles. The van der Waals surface area contributed by atoms with Crippen molar-refractivity contribution in [1.29, 1.82) is 0 Å². The third-order valence-corrected chi connectivity index (χ3v) is 7.80. The Morgan fingerprint density at radius 1 is 1.05 bits per heavy atom. The third-order valence-electron chi connectivity index (χ3n) is 6.82. The van der Waals surface area contributed by atoms with Crippen molar-refractivity contribution in [3.05, 3.63) is 114 Å². The number of rotatable bonds is 6. The minimum absolute atomic E-state index is 0.00294. The van der Waals surface area contributed by atoms with Crippen molar-refractivity contribution < 1.29 is 18.7 Å². The molecule has 3 heterocycles. The molecule has 2 aromatic heterocycles. The number of furan rings is 1. The van der Waals surface area contributed by atoms with Gasteiger partial charge in [-0.15, -0.1) is 0 Å². The van der Waals surface area contributed by atoms with Gasteiger partial charge in [-0.2, -0.15) is 0 Å². The maximum absolute atomic E-state index is 13.8. The largest absolute Gasteiger partial charge is 0.466 e. The van der Waals surface area contributed by atoms with Gasteiger partial charge in [-0.05, 0) is 43.0 Å².